The van der Waals surface area contributed by atoms with Crippen LogP contribution in [-0.2, 0) is 6.54 Å². The van der Waals surface area contributed by atoms with E-state index < -0.39 is 0 Å². The molecule has 2 aliphatic rings. The van der Waals surface area contributed by atoms with E-state index in [0.717, 1.165) is 56.2 Å². The van der Waals surface area contributed by atoms with Gasteiger partial charge in [0.2, 0.25) is 0 Å². The standard InChI is InChI=1S/C21H33N5OS.HI/c1-3-22-19(24-16-21(2)10-7-13-28-21)23-15-17-8-6-9-18(14-17)25-20(27)26-11-4-5-12-26;/h6,8-9,14H,3-5,7,10-13,15-16H2,1-2H3,(H,25,27)(H2,22,23,24);1H. The number of carbonyl (C=O) groups excluding carboxylic acids is 1. The summed E-state index contributed by atoms with van der Waals surface area (Å²) in [5.74, 6) is 2.10. The van der Waals surface area contributed by atoms with Crippen LogP contribution < -0.4 is 16.0 Å². The minimum Gasteiger partial charge on any atom is -0.357 e. The van der Waals surface area contributed by atoms with Crippen LogP contribution in [0.25, 0.3) is 0 Å². The highest BCUT2D eigenvalue weighted by Crippen LogP contribution is 2.36. The predicted molar refractivity (Wildman–Crippen MR) is 135 cm³/mol. The van der Waals surface area contributed by atoms with Gasteiger partial charge in [0.1, 0.15) is 0 Å². The van der Waals surface area contributed by atoms with Gasteiger partial charge < -0.3 is 20.9 Å². The van der Waals surface area contributed by atoms with E-state index in [1.807, 2.05) is 40.9 Å². The molecule has 0 saturated carbocycles. The van der Waals surface area contributed by atoms with Crippen molar-refractivity contribution in [2.24, 2.45) is 4.99 Å². The van der Waals surface area contributed by atoms with Gasteiger partial charge in [0, 0.05) is 36.6 Å². The summed E-state index contributed by atoms with van der Waals surface area (Å²) in [6.45, 7) is 8.45. The second-order valence-corrected chi connectivity index (χ2v) is 9.46. The van der Waals surface area contributed by atoms with Gasteiger partial charge in [0.25, 0.3) is 0 Å². The smallest absolute Gasteiger partial charge is 0.321 e. The molecule has 0 bridgehead atoms. The van der Waals surface area contributed by atoms with Crippen LogP contribution in [0.15, 0.2) is 29.3 Å². The van der Waals surface area contributed by atoms with Gasteiger partial charge in [-0.25, -0.2) is 9.79 Å². The molecule has 0 spiro atoms. The molecule has 2 aliphatic heterocycles. The number of aliphatic imine (C=N–C) groups is 1. The Labute approximate surface area is 196 Å². The summed E-state index contributed by atoms with van der Waals surface area (Å²) >= 11 is 2.05. The van der Waals surface area contributed by atoms with Crippen molar-refractivity contribution in [3.63, 3.8) is 0 Å². The first-order valence-corrected chi connectivity index (χ1v) is 11.4. The van der Waals surface area contributed by atoms with Gasteiger partial charge >= 0.3 is 6.03 Å². The Morgan fingerprint density at radius 2 is 2.03 bits per heavy atom. The third kappa shape index (κ3) is 7.55. The molecular weight excluding hydrogens is 497 g/mol. The number of hydrogen-bond donors (Lipinski definition) is 3. The van der Waals surface area contributed by atoms with Crippen LogP contribution in [0.2, 0.25) is 0 Å². The third-order valence-corrected chi connectivity index (χ3v) is 6.80. The van der Waals surface area contributed by atoms with Crippen LogP contribution in [0, 0.1) is 0 Å². The molecule has 0 radical (unpaired) electrons. The molecule has 3 rings (SSSR count). The lowest BCUT2D eigenvalue weighted by atomic mass is 10.1. The number of nitrogens with zero attached hydrogens (tertiary/aromatic N) is 2. The highest BCUT2D eigenvalue weighted by Gasteiger charge is 2.29. The summed E-state index contributed by atoms with van der Waals surface area (Å²) in [6.07, 6.45) is 4.75. The van der Waals surface area contributed by atoms with Crippen LogP contribution in [0.1, 0.15) is 45.1 Å². The fraction of sp³-hybridized carbons (Fsp3) is 0.619. The van der Waals surface area contributed by atoms with E-state index in [2.05, 4.69) is 29.8 Å². The lowest BCUT2D eigenvalue weighted by Gasteiger charge is -2.24. The summed E-state index contributed by atoms with van der Waals surface area (Å²) in [6, 6.07) is 7.96. The molecule has 1 aromatic rings. The molecule has 2 amide bonds. The van der Waals surface area contributed by atoms with E-state index >= 15 is 0 Å². The van der Waals surface area contributed by atoms with Crippen molar-refractivity contribution in [1.29, 1.82) is 0 Å². The molecule has 8 heteroatoms. The van der Waals surface area contributed by atoms with Gasteiger partial charge in [0.15, 0.2) is 5.96 Å². The highest BCUT2D eigenvalue weighted by molar-refractivity contribution is 14.0. The molecule has 2 fully saturated rings. The summed E-state index contributed by atoms with van der Waals surface area (Å²) in [5.41, 5.74) is 1.91. The lowest BCUT2D eigenvalue weighted by molar-refractivity contribution is 0.222. The molecule has 3 N–H and O–H groups in total. The van der Waals surface area contributed by atoms with Gasteiger partial charge in [-0.3, -0.25) is 0 Å². The van der Waals surface area contributed by atoms with Gasteiger partial charge in [-0.15, -0.1) is 24.0 Å². The first-order valence-electron chi connectivity index (χ1n) is 10.4. The van der Waals surface area contributed by atoms with Gasteiger partial charge in [-0.1, -0.05) is 12.1 Å². The quantitative estimate of drug-likeness (QED) is 0.292. The van der Waals surface area contributed by atoms with Crippen LogP contribution in [-0.4, -0.2) is 53.6 Å². The number of guanidine groups is 1. The van der Waals surface area contributed by atoms with Crippen LogP contribution in [0.3, 0.4) is 0 Å². The Kier molecular flexibility index (Phi) is 9.88. The SMILES string of the molecule is CCNC(=NCc1cccc(NC(=O)N2CCCC2)c1)NCC1(C)CCCS1.I. The minimum absolute atomic E-state index is 0. The third-order valence-electron chi connectivity index (χ3n) is 5.27. The molecule has 2 saturated heterocycles. The molecule has 1 atom stereocenters. The van der Waals surface area contributed by atoms with Gasteiger partial charge in [-0.05, 0) is 63.0 Å². The minimum atomic E-state index is -0.00420. The summed E-state index contributed by atoms with van der Waals surface area (Å²) in [7, 11) is 0. The molecule has 29 heavy (non-hydrogen) atoms. The van der Waals surface area contributed by atoms with E-state index in [9.17, 15) is 4.79 Å². The normalized spacial score (nSPS) is 21.6. The van der Waals surface area contributed by atoms with Crippen molar-refractivity contribution in [3.05, 3.63) is 29.8 Å². The molecule has 1 aromatic carbocycles. The average molecular weight is 532 g/mol. The maximum atomic E-state index is 12.3. The number of urea groups is 1. The van der Waals surface area contributed by atoms with Crippen molar-refractivity contribution in [1.82, 2.24) is 15.5 Å². The Balaban J connectivity index is 0.00000300. The van der Waals surface area contributed by atoms with E-state index in [4.69, 9.17) is 4.99 Å². The van der Waals surface area contributed by atoms with E-state index in [-0.39, 0.29) is 30.0 Å². The van der Waals surface area contributed by atoms with Crippen molar-refractivity contribution in [2.75, 3.05) is 37.2 Å². The Morgan fingerprint density at radius 3 is 2.72 bits per heavy atom. The second kappa shape index (κ2) is 11.9. The van der Waals surface area contributed by atoms with E-state index in [1.165, 1.54) is 18.6 Å². The summed E-state index contributed by atoms with van der Waals surface area (Å²) < 4.78 is 0.302. The largest absolute Gasteiger partial charge is 0.357 e. The molecular formula is C21H34IN5OS. The fourth-order valence-corrected chi connectivity index (χ4v) is 4.87. The zero-order valence-corrected chi connectivity index (χ0v) is 20.6. The van der Waals surface area contributed by atoms with Crippen molar-refractivity contribution < 1.29 is 4.79 Å². The number of benzene rings is 1. The van der Waals surface area contributed by atoms with E-state index in [1.54, 1.807) is 0 Å². The fourth-order valence-electron chi connectivity index (χ4n) is 3.63. The number of nitrogens with one attached hydrogen (secondary N) is 3. The second-order valence-electron chi connectivity index (χ2n) is 7.78. The Morgan fingerprint density at radius 1 is 1.24 bits per heavy atom. The molecule has 1 unspecified atom stereocenters. The molecule has 2 heterocycles. The van der Waals surface area contributed by atoms with E-state index in [0.29, 0.717) is 11.3 Å². The average Bonchev–Trinajstić information content (AvgIpc) is 3.37. The maximum Gasteiger partial charge on any atom is 0.321 e. The number of halogens is 1. The van der Waals surface area contributed by atoms with Crippen LogP contribution in [0.5, 0.6) is 0 Å². The summed E-state index contributed by atoms with van der Waals surface area (Å²) in [5, 5.41) is 9.84. The topological polar surface area (TPSA) is 68.8 Å². The number of rotatable bonds is 6. The molecule has 6 nitrogen and oxygen atoms in total. The highest BCUT2D eigenvalue weighted by atomic mass is 127. The Hall–Kier alpha value is -1.16. The maximum absolute atomic E-state index is 12.3. The lowest BCUT2D eigenvalue weighted by Crippen LogP contribution is -2.43. The predicted octanol–water partition coefficient (Wildman–Crippen LogP) is 4.27. The molecule has 162 valence electrons. The van der Waals surface area contributed by atoms with Crippen molar-refractivity contribution in [3.8, 4) is 0 Å². The Bertz CT molecular complexity index is 687. The van der Waals surface area contributed by atoms with Crippen molar-refractivity contribution >= 4 is 53.4 Å². The number of carbonyl (C=O) groups is 1. The molecule has 0 aromatic heterocycles. The first kappa shape index (κ1) is 24.1. The van der Waals surface area contributed by atoms with Crippen LogP contribution in [0.4, 0.5) is 10.5 Å². The summed E-state index contributed by atoms with van der Waals surface area (Å²) in [4.78, 5) is 18.9. The first-order chi connectivity index (χ1) is 13.6. The number of thioether (sulfide) groups is 1. The van der Waals surface area contributed by atoms with Crippen LogP contribution >= 0.6 is 35.7 Å². The van der Waals surface area contributed by atoms with Gasteiger partial charge in [0.05, 0.1) is 6.54 Å². The monoisotopic (exact) mass is 531 g/mol. The zero-order chi connectivity index (χ0) is 19.8. The number of likely N-dealkylation sites (tertiary alicyclic amines) is 1. The zero-order valence-electron chi connectivity index (χ0n) is 17.5. The molecule has 0 aliphatic carbocycles. The number of anilines is 1. The van der Waals surface area contributed by atoms with Gasteiger partial charge in [-0.2, -0.15) is 11.8 Å². The number of hydrogen-bond acceptors (Lipinski definition) is 3. The number of amides is 2. The van der Waals surface area contributed by atoms with Crippen molar-refractivity contribution in [2.45, 2.75) is 50.8 Å².